The monoisotopic (exact) mass is 261 g/mol. The van der Waals surface area contributed by atoms with E-state index < -0.39 is 28.1 Å². The zero-order valence-corrected chi connectivity index (χ0v) is 9.46. The molecular weight excluding hydrogens is 250 g/mol. The average Bonchev–Trinajstić information content (AvgIpc) is 2.84. The van der Waals surface area contributed by atoms with Crippen molar-refractivity contribution < 1.29 is 23.4 Å². The van der Waals surface area contributed by atoms with Gasteiger partial charge in [-0.1, -0.05) is 0 Å². The predicted octanol–water partition coefficient (Wildman–Crippen LogP) is -1.38. The summed E-state index contributed by atoms with van der Waals surface area (Å²) in [6, 6.07) is -0.00262. The smallest absolute Gasteiger partial charge is 0.322 e. The SMILES string of the molecule is O=C(O)[C@@H]1CC(O)CN1S(=O)(=O)c1ccn[nH]1. The van der Waals surface area contributed by atoms with E-state index in [4.69, 9.17) is 5.11 Å². The minimum absolute atomic E-state index is 0.108. The Morgan fingerprint density at radius 1 is 1.59 bits per heavy atom. The van der Waals surface area contributed by atoms with E-state index in [1.54, 1.807) is 0 Å². The van der Waals surface area contributed by atoms with Gasteiger partial charge < -0.3 is 10.2 Å². The van der Waals surface area contributed by atoms with Crippen LogP contribution in [0.4, 0.5) is 0 Å². The summed E-state index contributed by atoms with van der Waals surface area (Å²) in [5.74, 6) is -1.27. The molecule has 8 nitrogen and oxygen atoms in total. The van der Waals surface area contributed by atoms with Gasteiger partial charge in [-0.3, -0.25) is 9.89 Å². The lowest BCUT2D eigenvalue weighted by molar-refractivity contribution is -0.140. The Morgan fingerprint density at radius 2 is 2.29 bits per heavy atom. The van der Waals surface area contributed by atoms with E-state index in [-0.39, 0.29) is 18.0 Å². The van der Waals surface area contributed by atoms with Crippen molar-refractivity contribution in [1.82, 2.24) is 14.5 Å². The van der Waals surface area contributed by atoms with E-state index in [0.717, 1.165) is 4.31 Å². The maximum Gasteiger partial charge on any atom is 0.322 e. The molecule has 0 aliphatic carbocycles. The van der Waals surface area contributed by atoms with Crippen molar-refractivity contribution in [3.63, 3.8) is 0 Å². The van der Waals surface area contributed by atoms with Gasteiger partial charge in [0, 0.05) is 13.0 Å². The van der Waals surface area contributed by atoms with E-state index in [1.165, 1.54) is 12.3 Å². The Balaban J connectivity index is 2.36. The summed E-state index contributed by atoms with van der Waals surface area (Å²) in [7, 11) is -3.95. The second kappa shape index (κ2) is 4.09. The molecule has 3 N–H and O–H groups in total. The van der Waals surface area contributed by atoms with Gasteiger partial charge in [0.1, 0.15) is 6.04 Å². The fraction of sp³-hybridized carbons (Fsp3) is 0.500. The van der Waals surface area contributed by atoms with E-state index in [2.05, 4.69) is 10.2 Å². The third-order valence-electron chi connectivity index (χ3n) is 2.58. The van der Waals surface area contributed by atoms with Crippen LogP contribution in [-0.2, 0) is 14.8 Å². The van der Waals surface area contributed by atoms with E-state index in [0.29, 0.717) is 0 Å². The molecule has 2 rings (SSSR count). The number of sulfonamides is 1. The number of H-pyrrole nitrogens is 1. The van der Waals surface area contributed by atoms with Crippen LogP contribution >= 0.6 is 0 Å². The molecule has 0 spiro atoms. The van der Waals surface area contributed by atoms with Crippen LogP contribution in [-0.4, -0.2) is 57.8 Å². The first-order valence-corrected chi connectivity index (χ1v) is 6.29. The van der Waals surface area contributed by atoms with Crippen molar-refractivity contribution in [2.45, 2.75) is 23.6 Å². The highest BCUT2D eigenvalue weighted by Crippen LogP contribution is 2.25. The maximum absolute atomic E-state index is 12.0. The molecule has 1 unspecified atom stereocenters. The Bertz CT molecular complexity index is 511. The molecule has 1 aliphatic rings. The number of nitrogens with one attached hydrogen (secondary N) is 1. The molecule has 9 heteroatoms. The molecule has 17 heavy (non-hydrogen) atoms. The fourth-order valence-electron chi connectivity index (χ4n) is 1.79. The van der Waals surface area contributed by atoms with Crippen LogP contribution in [0.15, 0.2) is 17.3 Å². The van der Waals surface area contributed by atoms with Crippen LogP contribution in [0.5, 0.6) is 0 Å². The highest BCUT2D eigenvalue weighted by Gasteiger charge is 2.43. The molecule has 94 valence electrons. The van der Waals surface area contributed by atoms with Gasteiger partial charge in [-0.05, 0) is 6.07 Å². The minimum atomic E-state index is -3.95. The molecule has 2 atom stereocenters. The van der Waals surface area contributed by atoms with Crippen LogP contribution in [0.1, 0.15) is 6.42 Å². The molecule has 0 amide bonds. The molecule has 2 heterocycles. The summed E-state index contributed by atoms with van der Waals surface area (Å²) in [6.45, 7) is -0.224. The van der Waals surface area contributed by atoms with Crippen molar-refractivity contribution in [3.05, 3.63) is 12.3 Å². The first-order valence-electron chi connectivity index (χ1n) is 4.85. The third kappa shape index (κ3) is 2.04. The van der Waals surface area contributed by atoms with Gasteiger partial charge >= 0.3 is 5.97 Å². The second-order valence-corrected chi connectivity index (χ2v) is 5.60. The van der Waals surface area contributed by atoms with Crippen LogP contribution in [0.2, 0.25) is 0 Å². The number of aliphatic carboxylic acids is 1. The maximum atomic E-state index is 12.0. The molecular formula is C8H11N3O5S. The predicted molar refractivity (Wildman–Crippen MR) is 54.5 cm³/mol. The van der Waals surface area contributed by atoms with Crippen molar-refractivity contribution in [2.75, 3.05) is 6.54 Å². The van der Waals surface area contributed by atoms with Crippen molar-refractivity contribution in [3.8, 4) is 0 Å². The van der Waals surface area contributed by atoms with Gasteiger partial charge in [-0.2, -0.15) is 9.40 Å². The van der Waals surface area contributed by atoms with Crippen molar-refractivity contribution >= 4 is 16.0 Å². The second-order valence-electron chi connectivity index (χ2n) is 3.74. The van der Waals surface area contributed by atoms with Crippen molar-refractivity contribution in [2.24, 2.45) is 0 Å². The number of β-amino-alcohol motifs (C(OH)–C–C–N with tert-alkyl or cyclic N) is 1. The van der Waals surface area contributed by atoms with E-state index >= 15 is 0 Å². The summed E-state index contributed by atoms with van der Waals surface area (Å²) < 4.78 is 24.8. The van der Waals surface area contributed by atoms with Gasteiger partial charge in [0.2, 0.25) is 0 Å². The minimum Gasteiger partial charge on any atom is -0.480 e. The normalized spacial score (nSPS) is 26.2. The van der Waals surface area contributed by atoms with E-state index in [9.17, 15) is 18.3 Å². The van der Waals surface area contributed by atoms with Crippen LogP contribution in [0.3, 0.4) is 0 Å². The molecule has 1 aliphatic heterocycles. The molecule has 1 saturated heterocycles. The van der Waals surface area contributed by atoms with Gasteiger partial charge in [-0.15, -0.1) is 0 Å². The fourth-order valence-corrected chi connectivity index (χ4v) is 3.32. The number of hydrogen-bond acceptors (Lipinski definition) is 5. The highest BCUT2D eigenvalue weighted by molar-refractivity contribution is 7.89. The number of aromatic nitrogens is 2. The molecule has 0 saturated carbocycles. The number of aromatic amines is 1. The highest BCUT2D eigenvalue weighted by atomic mass is 32.2. The Morgan fingerprint density at radius 3 is 2.82 bits per heavy atom. The Hall–Kier alpha value is -1.45. The van der Waals surface area contributed by atoms with Gasteiger partial charge in [0.05, 0.1) is 12.3 Å². The lowest BCUT2D eigenvalue weighted by Gasteiger charge is -2.19. The first kappa shape index (κ1) is 12.0. The number of carboxylic acid groups (broad SMARTS) is 1. The zero-order chi connectivity index (χ0) is 12.6. The topological polar surface area (TPSA) is 124 Å². The number of aliphatic hydroxyl groups excluding tert-OH is 1. The van der Waals surface area contributed by atoms with Gasteiger partial charge in [-0.25, -0.2) is 8.42 Å². The Kier molecular flexibility index (Phi) is 2.89. The van der Waals surface area contributed by atoms with Gasteiger partial charge in [0.15, 0.2) is 5.03 Å². The summed E-state index contributed by atoms with van der Waals surface area (Å²) >= 11 is 0. The molecule has 1 fully saturated rings. The average molecular weight is 261 g/mol. The largest absolute Gasteiger partial charge is 0.480 e. The van der Waals surface area contributed by atoms with Crippen LogP contribution < -0.4 is 0 Å². The first-order chi connectivity index (χ1) is 7.93. The standard InChI is InChI=1S/C8H11N3O5S/c12-5-3-6(8(13)14)11(4-5)17(15,16)7-1-2-9-10-7/h1-2,5-6,12H,3-4H2,(H,9,10)(H,13,14)/t5?,6-/m0/s1. The number of nitrogens with zero attached hydrogens (tertiary/aromatic N) is 2. The molecule has 0 radical (unpaired) electrons. The van der Waals surface area contributed by atoms with Crippen LogP contribution in [0.25, 0.3) is 0 Å². The van der Waals surface area contributed by atoms with Crippen LogP contribution in [0, 0.1) is 0 Å². The molecule has 0 aromatic carbocycles. The van der Waals surface area contributed by atoms with E-state index in [1.807, 2.05) is 0 Å². The quantitative estimate of drug-likeness (QED) is 0.616. The lowest BCUT2D eigenvalue weighted by atomic mass is 10.2. The number of aliphatic hydroxyl groups is 1. The number of carboxylic acids is 1. The zero-order valence-electron chi connectivity index (χ0n) is 8.65. The van der Waals surface area contributed by atoms with Gasteiger partial charge in [0.25, 0.3) is 10.0 Å². The van der Waals surface area contributed by atoms with Crippen molar-refractivity contribution in [1.29, 1.82) is 0 Å². The summed E-state index contributed by atoms with van der Waals surface area (Å²) in [6.07, 6.45) is 0.187. The molecule has 1 aromatic rings. The third-order valence-corrected chi connectivity index (χ3v) is 4.38. The summed E-state index contributed by atoms with van der Waals surface area (Å²) in [5.41, 5.74) is 0. The summed E-state index contributed by atoms with van der Waals surface area (Å²) in [4.78, 5) is 10.9. The summed E-state index contributed by atoms with van der Waals surface area (Å²) in [5, 5.41) is 23.9. The number of hydrogen-bond donors (Lipinski definition) is 3. The molecule has 1 aromatic heterocycles. The number of carbonyl (C=O) groups is 1. The Labute approximate surface area is 96.9 Å². The number of rotatable bonds is 3. The molecule has 0 bridgehead atoms. The lowest BCUT2D eigenvalue weighted by Crippen LogP contribution is -2.40.